The summed E-state index contributed by atoms with van der Waals surface area (Å²) in [6, 6.07) is 0. The Labute approximate surface area is 257 Å². The number of nitrogens with one attached hydrogen (secondary N) is 2. The predicted molar refractivity (Wildman–Crippen MR) is 155 cm³/mol. The Morgan fingerprint density at radius 3 is 1.07 bits per heavy atom. The van der Waals surface area contributed by atoms with Gasteiger partial charge in [-0.1, -0.05) is 0 Å². The summed E-state index contributed by atoms with van der Waals surface area (Å²) in [4.78, 5) is 63.9. The van der Waals surface area contributed by atoms with Crippen LogP contribution in [0.3, 0.4) is 0 Å². The molecule has 0 aromatic carbocycles. The number of aliphatic carboxylic acids is 4. The van der Waals surface area contributed by atoms with Crippen molar-refractivity contribution in [2.45, 2.75) is 78.4 Å². The van der Waals surface area contributed by atoms with Crippen molar-refractivity contribution in [2.24, 2.45) is 10.8 Å². The van der Waals surface area contributed by atoms with Crippen molar-refractivity contribution in [2.75, 3.05) is 52.4 Å². The monoisotopic (exact) mass is 632 g/mol. The normalized spacial score (nSPS) is 23.9. The highest BCUT2D eigenvalue weighted by Crippen LogP contribution is 2.37. The minimum Gasteiger partial charge on any atom is -0.473 e. The highest BCUT2D eigenvalue weighted by Gasteiger charge is 2.44. The fourth-order valence-electron chi connectivity index (χ4n) is 5.12. The number of carboxylic acid groups (broad SMARTS) is 4. The predicted octanol–water partition coefficient (Wildman–Crippen LogP) is 1.53. The number of carbonyl (C=O) groups is 6. The van der Waals surface area contributed by atoms with Gasteiger partial charge in [0.1, 0.15) is 11.2 Å². The second-order valence-corrected chi connectivity index (χ2v) is 13.4. The van der Waals surface area contributed by atoms with E-state index in [1.807, 2.05) is 51.3 Å². The Morgan fingerprint density at radius 2 is 0.864 bits per heavy atom. The minimum absolute atomic E-state index is 0.156. The molecular weight excluding hydrogens is 584 g/mol. The number of amides is 2. The molecule has 2 spiro atoms. The van der Waals surface area contributed by atoms with Gasteiger partial charge in [-0.25, -0.2) is 28.8 Å². The molecule has 0 bridgehead atoms. The molecule has 6 N–H and O–H groups in total. The standard InChI is InChI=1S/2C12H22N2O2.2C2H2O4/c2*1-11(2,3)16-10(15)14-7-5-12(9-14)4-6-13-8-12;2*3-1(4)2(5)6/h2*13H,4-9H2,1-3H3;2*(H,3,4)(H,5,6). The summed E-state index contributed by atoms with van der Waals surface area (Å²) in [7, 11) is 0. The van der Waals surface area contributed by atoms with Crippen molar-refractivity contribution in [3.8, 4) is 0 Å². The third kappa shape index (κ3) is 13.8. The Kier molecular flexibility index (Phi) is 13.8. The summed E-state index contributed by atoms with van der Waals surface area (Å²) in [5.74, 6) is -7.30. The SMILES string of the molecule is CC(C)(C)OC(=O)N1CCC2(CCNC2)C1.CC(C)(C)OC(=O)N1CCC2(CCNC2)C1.O=C(O)C(=O)O.O=C(O)C(=O)O. The van der Waals surface area contributed by atoms with E-state index >= 15 is 0 Å². The van der Waals surface area contributed by atoms with Crippen LogP contribution in [-0.4, -0.2) is 130 Å². The molecule has 4 fully saturated rings. The number of ether oxygens (including phenoxy) is 2. The molecule has 0 radical (unpaired) electrons. The molecule has 2 unspecified atom stereocenters. The van der Waals surface area contributed by atoms with Gasteiger partial charge in [0.25, 0.3) is 0 Å². The molecule has 16 heteroatoms. The first-order chi connectivity index (χ1) is 20.1. The Balaban J connectivity index is 0.000000325. The number of likely N-dealkylation sites (tertiary alicyclic amines) is 2. The van der Waals surface area contributed by atoms with Gasteiger partial charge in [0, 0.05) is 50.1 Å². The first-order valence-corrected chi connectivity index (χ1v) is 14.4. The Bertz CT molecular complexity index is 932. The summed E-state index contributed by atoms with van der Waals surface area (Å²) in [5.41, 5.74) is -0.116. The van der Waals surface area contributed by atoms with Crippen LogP contribution in [0.1, 0.15) is 67.2 Å². The van der Waals surface area contributed by atoms with Gasteiger partial charge in [-0.2, -0.15) is 0 Å². The zero-order chi connectivity index (χ0) is 33.9. The molecule has 252 valence electrons. The quantitative estimate of drug-likeness (QED) is 0.208. The van der Waals surface area contributed by atoms with Gasteiger partial charge in [0.15, 0.2) is 0 Å². The van der Waals surface area contributed by atoms with Crippen molar-refractivity contribution >= 4 is 36.1 Å². The summed E-state index contributed by atoms with van der Waals surface area (Å²) < 4.78 is 10.8. The molecule has 4 saturated heterocycles. The van der Waals surface area contributed by atoms with Crippen LogP contribution in [0.5, 0.6) is 0 Å². The number of carboxylic acids is 4. The van der Waals surface area contributed by atoms with Crippen LogP contribution in [0.15, 0.2) is 0 Å². The number of hydrogen-bond acceptors (Lipinski definition) is 10. The highest BCUT2D eigenvalue weighted by atomic mass is 16.6. The average molecular weight is 633 g/mol. The molecule has 0 aliphatic carbocycles. The maximum Gasteiger partial charge on any atom is 0.414 e. The molecule has 4 rings (SSSR count). The van der Waals surface area contributed by atoms with Gasteiger partial charge < -0.3 is 50.3 Å². The van der Waals surface area contributed by atoms with Crippen LogP contribution >= 0.6 is 0 Å². The first-order valence-electron chi connectivity index (χ1n) is 14.4. The van der Waals surface area contributed by atoms with Crippen molar-refractivity contribution in [3.05, 3.63) is 0 Å². The minimum atomic E-state index is -1.82. The van der Waals surface area contributed by atoms with Gasteiger partial charge in [-0.05, 0) is 80.3 Å². The molecule has 2 amide bonds. The zero-order valence-electron chi connectivity index (χ0n) is 26.4. The van der Waals surface area contributed by atoms with E-state index in [9.17, 15) is 9.59 Å². The van der Waals surface area contributed by atoms with Gasteiger partial charge in [-0.15, -0.1) is 0 Å². The lowest BCUT2D eigenvalue weighted by molar-refractivity contribution is -0.159. The lowest BCUT2D eigenvalue weighted by Crippen LogP contribution is -2.37. The van der Waals surface area contributed by atoms with Crippen molar-refractivity contribution in [3.63, 3.8) is 0 Å². The first kappa shape index (κ1) is 38.4. The van der Waals surface area contributed by atoms with E-state index < -0.39 is 23.9 Å². The van der Waals surface area contributed by atoms with Crippen molar-refractivity contribution in [1.82, 2.24) is 20.4 Å². The average Bonchev–Trinajstić information content (AvgIpc) is 3.69. The van der Waals surface area contributed by atoms with E-state index in [-0.39, 0.29) is 23.4 Å². The number of hydrogen-bond donors (Lipinski definition) is 6. The second kappa shape index (κ2) is 15.9. The fourth-order valence-corrected chi connectivity index (χ4v) is 5.12. The van der Waals surface area contributed by atoms with E-state index in [0.717, 1.165) is 65.2 Å². The molecule has 16 nitrogen and oxygen atoms in total. The summed E-state index contributed by atoms with van der Waals surface area (Å²) in [5, 5.41) is 36.3. The van der Waals surface area contributed by atoms with Crippen LogP contribution in [0.25, 0.3) is 0 Å². The number of rotatable bonds is 0. The largest absolute Gasteiger partial charge is 0.473 e. The molecule has 44 heavy (non-hydrogen) atoms. The lowest BCUT2D eigenvalue weighted by Gasteiger charge is -2.26. The van der Waals surface area contributed by atoms with E-state index in [4.69, 9.17) is 49.1 Å². The second-order valence-electron chi connectivity index (χ2n) is 13.4. The maximum absolute atomic E-state index is 11.9. The van der Waals surface area contributed by atoms with E-state index in [2.05, 4.69) is 10.6 Å². The summed E-state index contributed by atoms with van der Waals surface area (Å²) in [6.07, 6.45) is 4.28. The van der Waals surface area contributed by atoms with Gasteiger partial charge in [0.05, 0.1) is 0 Å². The van der Waals surface area contributed by atoms with Crippen LogP contribution < -0.4 is 10.6 Å². The molecule has 4 aliphatic rings. The van der Waals surface area contributed by atoms with Crippen LogP contribution in [0.4, 0.5) is 9.59 Å². The van der Waals surface area contributed by atoms with Gasteiger partial charge in [-0.3, -0.25) is 0 Å². The van der Waals surface area contributed by atoms with E-state index in [0.29, 0.717) is 10.8 Å². The third-order valence-corrected chi connectivity index (χ3v) is 7.21. The van der Waals surface area contributed by atoms with Gasteiger partial charge in [0.2, 0.25) is 0 Å². The van der Waals surface area contributed by atoms with Crippen LogP contribution in [-0.2, 0) is 28.7 Å². The summed E-state index contributed by atoms with van der Waals surface area (Å²) in [6.45, 7) is 19.1. The van der Waals surface area contributed by atoms with E-state index in [1.54, 1.807) is 0 Å². The molecule has 2 atom stereocenters. The fraction of sp³-hybridized carbons (Fsp3) is 0.786. The van der Waals surface area contributed by atoms with E-state index in [1.165, 1.54) is 12.8 Å². The molecule has 4 heterocycles. The Morgan fingerprint density at radius 1 is 0.568 bits per heavy atom. The smallest absolute Gasteiger partial charge is 0.414 e. The Hall–Kier alpha value is -3.66. The molecule has 4 aliphatic heterocycles. The van der Waals surface area contributed by atoms with Crippen LogP contribution in [0, 0.1) is 10.8 Å². The number of carbonyl (C=O) groups excluding carboxylic acids is 2. The molecule has 0 aromatic heterocycles. The molecular formula is C28H48N4O12. The number of nitrogens with zero attached hydrogens (tertiary/aromatic N) is 2. The van der Waals surface area contributed by atoms with Crippen molar-refractivity contribution < 1.29 is 58.7 Å². The van der Waals surface area contributed by atoms with Crippen molar-refractivity contribution in [1.29, 1.82) is 0 Å². The van der Waals surface area contributed by atoms with Gasteiger partial charge >= 0.3 is 36.1 Å². The topological polar surface area (TPSA) is 232 Å². The van der Waals surface area contributed by atoms with Crippen LogP contribution in [0.2, 0.25) is 0 Å². The zero-order valence-corrected chi connectivity index (χ0v) is 26.4. The highest BCUT2D eigenvalue weighted by molar-refractivity contribution is 6.27. The lowest BCUT2D eigenvalue weighted by atomic mass is 9.87. The molecule has 0 aromatic rings. The molecule has 0 saturated carbocycles. The maximum atomic E-state index is 11.9. The third-order valence-electron chi connectivity index (χ3n) is 7.21. The summed E-state index contributed by atoms with van der Waals surface area (Å²) >= 11 is 0.